The standard InChI is InChI=1S/C17H28/c1-13-6-9-17-11-14-4-2-3-5-16(17)12-15(10-13)8-7-14/h13-15H,2-12H2,1H3/b17-16+. The van der Waals surface area contributed by atoms with Crippen molar-refractivity contribution in [1.29, 1.82) is 0 Å². The summed E-state index contributed by atoms with van der Waals surface area (Å²) < 4.78 is 0. The predicted molar refractivity (Wildman–Crippen MR) is 74.0 cm³/mol. The Bertz CT molecular complexity index is 299. The lowest BCUT2D eigenvalue weighted by molar-refractivity contribution is 0.271. The Labute approximate surface area is 107 Å². The second kappa shape index (κ2) is 5.16. The minimum atomic E-state index is 0.982. The molecule has 0 nitrogen and oxygen atoms in total. The summed E-state index contributed by atoms with van der Waals surface area (Å²) in [6.45, 7) is 2.49. The summed E-state index contributed by atoms with van der Waals surface area (Å²) >= 11 is 0. The second-order valence-corrected chi connectivity index (χ2v) is 7.05. The van der Waals surface area contributed by atoms with E-state index in [4.69, 9.17) is 0 Å². The quantitative estimate of drug-likeness (QED) is 0.485. The summed E-state index contributed by atoms with van der Waals surface area (Å²) in [4.78, 5) is 0. The first kappa shape index (κ1) is 11.8. The van der Waals surface area contributed by atoms with Gasteiger partial charge < -0.3 is 0 Å². The molecule has 0 heterocycles. The third kappa shape index (κ3) is 2.77. The van der Waals surface area contributed by atoms with E-state index in [0.717, 1.165) is 17.8 Å². The minimum Gasteiger partial charge on any atom is -0.0707 e. The van der Waals surface area contributed by atoms with Crippen LogP contribution in [0.2, 0.25) is 0 Å². The number of fused-ring (bicyclic) bond motifs is 2. The Balaban J connectivity index is 1.90. The summed E-state index contributed by atoms with van der Waals surface area (Å²) in [6, 6.07) is 0. The van der Waals surface area contributed by atoms with E-state index in [1.165, 1.54) is 70.6 Å². The van der Waals surface area contributed by atoms with Crippen molar-refractivity contribution in [2.45, 2.75) is 77.6 Å². The summed E-state index contributed by atoms with van der Waals surface area (Å²) in [5.41, 5.74) is 3.84. The van der Waals surface area contributed by atoms with Crippen LogP contribution in [-0.2, 0) is 0 Å². The number of rotatable bonds is 0. The van der Waals surface area contributed by atoms with Crippen molar-refractivity contribution in [3.05, 3.63) is 11.1 Å². The largest absolute Gasteiger partial charge is 0.0707 e. The second-order valence-electron chi connectivity index (χ2n) is 7.05. The van der Waals surface area contributed by atoms with Gasteiger partial charge in [-0.25, -0.2) is 0 Å². The maximum Gasteiger partial charge on any atom is -0.0289 e. The van der Waals surface area contributed by atoms with Gasteiger partial charge >= 0.3 is 0 Å². The van der Waals surface area contributed by atoms with Crippen molar-refractivity contribution >= 4 is 0 Å². The van der Waals surface area contributed by atoms with E-state index >= 15 is 0 Å². The maximum atomic E-state index is 2.49. The third-order valence-electron chi connectivity index (χ3n) is 5.57. The highest BCUT2D eigenvalue weighted by atomic mass is 14.3. The predicted octanol–water partition coefficient (Wildman–Crippen LogP) is 5.48. The van der Waals surface area contributed by atoms with E-state index in [2.05, 4.69) is 6.92 Å². The van der Waals surface area contributed by atoms with E-state index < -0.39 is 0 Å². The molecule has 0 radical (unpaired) electrons. The number of hydrogen-bond acceptors (Lipinski definition) is 0. The topological polar surface area (TPSA) is 0 Å². The molecule has 0 heteroatoms. The molecule has 0 saturated heterocycles. The number of allylic oxidation sites excluding steroid dienone is 2. The fourth-order valence-electron chi connectivity index (χ4n) is 4.55. The molecule has 3 atom stereocenters. The SMILES string of the molecule is CC1CC/C2=C3/CCCCC(CCC(C3)C1)C2. The van der Waals surface area contributed by atoms with Crippen LogP contribution in [0.4, 0.5) is 0 Å². The Morgan fingerprint density at radius 3 is 2.47 bits per heavy atom. The van der Waals surface area contributed by atoms with E-state index in [9.17, 15) is 0 Å². The molecule has 17 heavy (non-hydrogen) atoms. The van der Waals surface area contributed by atoms with Crippen LogP contribution >= 0.6 is 0 Å². The molecule has 3 unspecified atom stereocenters. The smallest absolute Gasteiger partial charge is 0.0289 e. The highest BCUT2D eigenvalue weighted by Crippen LogP contribution is 2.42. The van der Waals surface area contributed by atoms with E-state index in [1.807, 2.05) is 11.1 Å². The molecule has 0 aromatic carbocycles. The molecule has 0 saturated carbocycles. The summed E-state index contributed by atoms with van der Waals surface area (Å²) in [6.07, 6.45) is 16.4. The first-order chi connectivity index (χ1) is 8.31. The van der Waals surface area contributed by atoms with E-state index in [1.54, 1.807) is 0 Å². The lowest BCUT2D eigenvalue weighted by Crippen LogP contribution is -2.20. The molecule has 96 valence electrons. The van der Waals surface area contributed by atoms with Crippen molar-refractivity contribution in [3.8, 4) is 0 Å². The zero-order valence-corrected chi connectivity index (χ0v) is 11.5. The molecular formula is C17H28. The maximum absolute atomic E-state index is 2.49. The van der Waals surface area contributed by atoms with Gasteiger partial charge in [0.05, 0.1) is 0 Å². The van der Waals surface area contributed by atoms with Crippen molar-refractivity contribution in [2.24, 2.45) is 17.8 Å². The van der Waals surface area contributed by atoms with Crippen molar-refractivity contribution in [2.75, 3.05) is 0 Å². The van der Waals surface area contributed by atoms with Crippen LogP contribution in [0.1, 0.15) is 77.6 Å². The molecule has 0 fully saturated rings. The van der Waals surface area contributed by atoms with Gasteiger partial charge in [-0.3, -0.25) is 0 Å². The normalized spacial score (nSPS) is 43.2. The van der Waals surface area contributed by atoms with Gasteiger partial charge in [0, 0.05) is 0 Å². The molecule has 4 bridgehead atoms. The van der Waals surface area contributed by atoms with Gasteiger partial charge in [0.2, 0.25) is 0 Å². The van der Waals surface area contributed by atoms with Crippen LogP contribution in [0.5, 0.6) is 0 Å². The van der Waals surface area contributed by atoms with Gasteiger partial charge in [-0.1, -0.05) is 30.9 Å². The number of hydrogen-bond donors (Lipinski definition) is 0. The average Bonchev–Trinajstić information content (AvgIpc) is 2.28. The average molecular weight is 232 g/mol. The molecule has 3 aliphatic carbocycles. The molecule has 0 spiro atoms. The van der Waals surface area contributed by atoms with Crippen LogP contribution in [0.25, 0.3) is 0 Å². The Morgan fingerprint density at radius 2 is 1.53 bits per heavy atom. The van der Waals surface area contributed by atoms with Crippen LogP contribution in [0.15, 0.2) is 11.1 Å². The zero-order valence-electron chi connectivity index (χ0n) is 11.5. The Kier molecular flexibility index (Phi) is 3.59. The summed E-state index contributed by atoms with van der Waals surface area (Å²) in [5, 5.41) is 0. The van der Waals surface area contributed by atoms with Gasteiger partial charge in [-0.05, 0) is 75.5 Å². The molecular weight excluding hydrogens is 204 g/mol. The fourth-order valence-corrected chi connectivity index (χ4v) is 4.55. The summed E-state index contributed by atoms with van der Waals surface area (Å²) in [7, 11) is 0. The van der Waals surface area contributed by atoms with Crippen LogP contribution in [-0.4, -0.2) is 0 Å². The van der Waals surface area contributed by atoms with Crippen LogP contribution in [0, 0.1) is 17.8 Å². The van der Waals surface area contributed by atoms with Crippen molar-refractivity contribution < 1.29 is 0 Å². The third-order valence-corrected chi connectivity index (χ3v) is 5.57. The summed E-state index contributed by atoms with van der Waals surface area (Å²) in [5.74, 6) is 3.07. The lowest BCUT2D eigenvalue weighted by atomic mass is 9.71. The highest BCUT2D eigenvalue weighted by Gasteiger charge is 2.27. The molecule has 0 aliphatic heterocycles. The Hall–Kier alpha value is -0.260. The van der Waals surface area contributed by atoms with Gasteiger partial charge in [0.25, 0.3) is 0 Å². The molecule has 0 aromatic heterocycles. The zero-order chi connectivity index (χ0) is 11.7. The minimum absolute atomic E-state index is 0.982. The van der Waals surface area contributed by atoms with Gasteiger partial charge in [-0.2, -0.15) is 0 Å². The van der Waals surface area contributed by atoms with Crippen molar-refractivity contribution in [1.82, 2.24) is 0 Å². The van der Waals surface area contributed by atoms with Crippen LogP contribution < -0.4 is 0 Å². The van der Waals surface area contributed by atoms with Crippen LogP contribution in [0.3, 0.4) is 0 Å². The molecule has 3 rings (SSSR count). The molecule has 0 aromatic rings. The van der Waals surface area contributed by atoms with E-state index in [0.29, 0.717) is 0 Å². The Morgan fingerprint density at radius 1 is 0.765 bits per heavy atom. The van der Waals surface area contributed by atoms with Crippen molar-refractivity contribution in [3.63, 3.8) is 0 Å². The monoisotopic (exact) mass is 232 g/mol. The first-order valence-electron chi connectivity index (χ1n) is 8.01. The first-order valence-corrected chi connectivity index (χ1v) is 8.01. The highest BCUT2D eigenvalue weighted by molar-refractivity contribution is 5.18. The van der Waals surface area contributed by atoms with Gasteiger partial charge in [-0.15, -0.1) is 0 Å². The molecule has 3 aliphatic rings. The van der Waals surface area contributed by atoms with Gasteiger partial charge in [0.15, 0.2) is 0 Å². The molecule has 0 N–H and O–H groups in total. The fraction of sp³-hybridized carbons (Fsp3) is 0.882. The van der Waals surface area contributed by atoms with E-state index in [-0.39, 0.29) is 0 Å². The molecule has 0 amide bonds. The lowest BCUT2D eigenvalue weighted by Gasteiger charge is -2.35. The van der Waals surface area contributed by atoms with Gasteiger partial charge in [0.1, 0.15) is 0 Å².